The minimum Gasteiger partial charge on any atom is -0.273 e. The molecule has 2 N–H and O–H groups in total. The SMILES string of the molecule is CCc1sc(C(=O)NNC(=O)CCc2nc3ccccc3s2)cc1C. The van der Waals surface area contributed by atoms with E-state index in [1.807, 2.05) is 37.3 Å². The minimum atomic E-state index is -0.277. The molecule has 0 atom stereocenters. The lowest BCUT2D eigenvalue weighted by atomic mass is 10.2. The molecule has 1 aromatic carbocycles. The molecule has 2 aromatic heterocycles. The van der Waals surface area contributed by atoms with Crippen LogP contribution in [0, 0.1) is 6.92 Å². The first-order valence-electron chi connectivity index (χ1n) is 8.09. The van der Waals surface area contributed by atoms with Gasteiger partial charge in [0.2, 0.25) is 5.91 Å². The molecule has 7 heteroatoms. The van der Waals surface area contributed by atoms with Crippen molar-refractivity contribution >= 4 is 44.7 Å². The molecule has 5 nitrogen and oxygen atoms in total. The zero-order chi connectivity index (χ0) is 17.8. The number of para-hydroxylation sites is 1. The standard InChI is InChI=1S/C18H19N3O2S2/c1-3-13-11(2)10-15(24-13)18(23)21-20-16(22)8-9-17-19-12-6-4-5-7-14(12)25-17/h4-7,10H,3,8-9H2,1-2H3,(H,20,22)(H,21,23). The number of hydrazine groups is 1. The van der Waals surface area contributed by atoms with Gasteiger partial charge in [-0.15, -0.1) is 22.7 Å². The quantitative estimate of drug-likeness (QED) is 0.671. The van der Waals surface area contributed by atoms with Crippen molar-refractivity contribution in [1.29, 1.82) is 0 Å². The number of amides is 2. The molecule has 0 aliphatic heterocycles. The van der Waals surface area contributed by atoms with E-state index in [1.54, 1.807) is 11.3 Å². The van der Waals surface area contributed by atoms with Crippen molar-refractivity contribution in [2.24, 2.45) is 0 Å². The van der Waals surface area contributed by atoms with Gasteiger partial charge in [-0.25, -0.2) is 4.98 Å². The summed E-state index contributed by atoms with van der Waals surface area (Å²) in [6.45, 7) is 4.05. The Morgan fingerprint density at radius 1 is 1.16 bits per heavy atom. The Balaban J connectivity index is 1.49. The number of thiazole rings is 1. The van der Waals surface area contributed by atoms with Crippen molar-refractivity contribution in [3.05, 3.63) is 50.7 Å². The van der Waals surface area contributed by atoms with Gasteiger partial charge in [0.25, 0.3) is 5.91 Å². The molecule has 0 aliphatic rings. The van der Waals surface area contributed by atoms with Crippen LogP contribution in [0.3, 0.4) is 0 Å². The molecule has 0 fully saturated rings. The molecule has 0 saturated heterocycles. The summed E-state index contributed by atoms with van der Waals surface area (Å²) in [7, 11) is 0. The van der Waals surface area contributed by atoms with Crippen LogP contribution in [0.15, 0.2) is 30.3 Å². The largest absolute Gasteiger partial charge is 0.279 e. The van der Waals surface area contributed by atoms with Crippen LogP contribution in [-0.2, 0) is 17.6 Å². The molecule has 130 valence electrons. The molecule has 3 aromatic rings. The fraction of sp³-hybridized carbons (Fsp3) is 0.278. The molecule has 25 heavy (non-hydrogen) atoms. The van der Waals surface area contributed by atoms with Crippen LogP contribution in [0.5, 0.6) is 0 Å². The van der Waals surface area contributed by atoms with E-state index in [1.165, 1.54) is 16.2 Å². The number of nitrogens with one attached hydrogen (secondary N) is 2. The summed E-state index contributed by atoms with van der Waals surface area (Å²) in [6.07, 6.45) is 1.74. The van der Waals surface area contributed by atoms with Gasteiger partial charge in [0, 0.05) is 17.7 Å². The maximum absolute atomic E-state index is 12.1. The summed E-state index contributed by atoms with van der Waals surface area (Å²) >= 11 is 3.05. The number of carbonyl (C=O) groups is 2. The number of carbonyl (C=O) groups excluding carboxylic acids is 2. The molecule has 0 unspecified atom stereocenters. The van der Waals surface area contributed by atoms with E-state index in [0.29, 0.717) is 11.3 Å². The highest BCUT2D eigenvalue weighted by Gasteiger charge is 2.13. The van der Waals surface area contributed by atoms with Gasteiger partial charge in [-0.3, -0.25) is 20.4 Å². The Kier molecular flexibility index (Phi) is 5.45. The van der Waals surface area contributed by atoms with E-state index in [9.17, 15) is 9.59 Å². The second-order valence-electron chi connectivity index (χ2n) is 5.65. The average molecular weight is 374 g/mol. The van der Waals surface area contributed by atoms with E-state index < -0.39 is 0 Å². The molecule has 3 rings (SSSR count). The zero-order valence-corrected chi connectivity index (χ0v) is 15.7. The van der Waals surface area contributed by atoms with Crippen molar-refractivity contribution in [2.75, 3.05) is 0 Å². The second kappa shape index (κ2) is 7.76. The van der Waals surface area contributed by atoms with Crippen LogP contribution < -0.4 is 10.9 Å². The summed E-state index contributed by atoms with van der Waals surface area (Å²) in [4.78, 5) is 30.3. The van der Waals surface area contributed by atoms with Crippen LogP contribution in [0.4, 0.5) is 0 Å². The lowest BCUT2D eigenvalue weighted by Crippen LogP contribution is -2.41. The number of nitrogens with zero attached hydrogens (tertiary/aromatic N) is 1. The Morgan fingerprint density at radius 2 is 1.96 bits per heavy atom. The van der Waals surface area contributed by atoms with Crippen LogP contribution in [0.25, 0.3) is 10.2 Å². The van der Waals surface area contributed by atoms with Crippen LogP contribution in [-0.4, -0.2) is 16.8 Å². The fourth-order valence-corrected chi connectivity index (χ4v) is 4.46. The lowest BCUT2D eigenvalue weighted by Gasteiger charge is -2.05. The molecule has 0 spiro atoms. The number of rotatable bonds is 5. The molecule has 0 bridgehead atoms. The Labute approximate surface area is 154 Å². The third-order valence-corrected chi connectivity index (χ3v) is 6.26. The number of benzene rings is 1. The molecule has 2 amide bonds. The van der Waals surface area contributed by atoms with E-state index in [4.69, 9.17) is 0 Å². The van der Waals surface area contributed by atoms with Crippen LogP contribution in [0.2, 0.25) is 0 Å². The van der Waals surface area contributed by atoms with Crippen molar-refractivity contribution in [2.45, 2.75) is 33.1 Å². The molecular weight excluding hydrogens is 354 g/mol. The number of fused-ring (bicyclic) bond motifs is 1. The smallest absolute Gasteiger partial charge is 0.273 e. The van der Waals surface area contributed by atoms with Gasteiger partial charge in [0.05, 0.1) is 20.1 Å². The third-order valence-electron chi connectivity index (χ3n) is 3.79. The highest BCUT2D eigenvalue weighted by molar-refractivity contribution is 7.18. The van der Waals surface area contributed by atoms with E-state index in [0.717, 1.165) is 27.2 Å². The highest BCUT2D eigenvalue weighted by Crippen LogP contribution is 2.23. The maximum Gasteiger partial charge on any atom is 0.279 e. The first kappa shape index (κ1) is 17.6. The van der Waals surface area contributed by atoms with Crippen molar-refractivity contribution in [3.8, 4) is 0 Å². The minimum absolute atomic E-state index is 0.225. The molecule has 0 saturated carbocycles. The van der Waals surface area contributed by atoms with Gasteiger partial charge in [-0.2, -0.15) is 0 Å². The summed E-state index contributed by atoms with van der Waals surface area (Å²) < 4.78 is 1.12. The van der Waals surface area contributed by atoms with Crippen molar-refractivity contribution in [3.63, 3.8) is 0 Å². The van der Waals surface area contributed by atoms with Crippen LogP contribution >= 0.6 is 22.7 Å². The lowest BCUT2D eigenvalue weighted by molar-refractivity contribution is -0.121. The highest BCUT2D eigenvalue weighted by atomic mass is 32.1. The first-order chi connectivity index (χ1) is 12.1. The number of hydrogen-bond acceptors (Lipinski definition) is 5. The Hall–Kier alpha value is -2.25. The molecule has 2 heterocycles. The summed E-state index contributed by atoms with van der Waals surface area (Å²) in [5.74, 6) is -0.502. The summed E-state index contributed by atoms with van der Waals surface area (Å²) in [5, 5.41) is 0.921. The van der Waals surface area contributed by atoms with Gasteiger partial charge < -0.3 is 0 Å². The maximum atomic E-state index is 12.1. The van der Waals surface area contributed by atoms with Crippen molar-refractivity contribution < 1.29 is 9.59 Å². The number of hydrogen-bond donors (Lipinski definition) is 2. The van der Waals surface area contributed by atoms with E-state index in [-0.39, 0.29) is 18.2 Å². The van der Waals surface area contributed by atoms with E-state index in [2.05, 4.69) is 22.8 Å². The fourth-order valence-electron chi connectivity index (χ4n) is 2.48. The summed E-state index contributed by atoms with van der Waals surface area (Å²) in [5.41, 5.74) is 7.02. The van der Waals surface area contributed by atoms with Gasteiger partial charge in [0.15, 0.2) is 0 Å². The number of aromatic nitrogens is 1. The second-order valence-corrected chi connectivity index (χ2v) is 7.90. The van der Waals surface area contributed by atoms with E-state index >= 15 is 0 Å². The monoisotopic (exact) mass is 373 g/mol. The Bertz CT molecular complexity index is 881. The third kappa shape index (κ3) is 4.24. The first-order valence-corrected chi connectivity index (χ1v) is 9.73. The predicted octanol–water partition coefficient (Wildman–Crippen LogP) is 3.62. The zero-order valence-electron chi connectivity index (χ0n) is 14.1. The molecule has 0 radical (unpaired) electrons. The number of thiophene rings is 1. The normalized spacial score (nSPS) is 10.8. The van der Waals surface area contributed by atoms with Gasteiger partial charge in [0.1, 0.15) is 0 Å². The molecular formula is C18H19N3O2S2. The van der Waals surface area contributed by atoms with Gasteiger partial charge in [-0.1, -0.05) is 19.1 Å². The van der Waals surface area contributed by atoms with Crippen molar-refractivity contribution in [1.82, 2.24) is 15.8 Å². The summed E-state index contributed by atoms with van der Waals surface area (Å²) in [6, 6.07) is 9.76. The number of aryl methyl sites for hydroxylation is 3. The van der Waals surface area contributed by atoms with Gasteiger partial charge in [-0.05, 0) is 37.1 Å². The van der Waals surface area contributed by atoms with Crippen LogP contribution in [0.1, 0.15) is 38.5 Å². The topological polar surface area (TPSA) is 71.1 Å². The molecule has 0 aliphatic carbocycles. The van der Waals surface area contributed by atoms with Gasteiger partial charge >= 0.3 is 0 Å². The predicted molar refractivity (Wildman–Crippen MR) is 102 cm³/mol. The average Bonchev–Trinajstić information content (AvgIpc) is 3.20. The Morgan fingerprint density at radius 3 is 2.68 bits per heavy atom.